The molecule has 4 nitrogen and oxygen atoms in total. The van der Waals surface area contributed by atoms with Crippen LogP contribution in [0.4, 0.5) is 0 Å². The van der Waals surface area contributed by atoms with E-state index in [1.54, 1.807) is 0 Å². The molecule has 13 aromatic rings. The average molecular weight is 740 g/mol. The van der Waals surface area contributed by atoms with Gasteiger partial charge in [-0.1, -0.05) is 109 Å². The van der Waals surface area contributed by atoms with Crippen LogP contribution in [0, 0.1) is 0 Å². The minimum absolute atomic E-state index is 0.904. The Morgan fingerprint density at radius 2 is 0.655 bits per heavy atom. The maximum absolute atomic E-state index is 6.18. The summed E-state index contributed by atoms with van der Waals surface area (Å²) in [5.74, 6) is 0. The van der Waals surface area contributed by atoms with Gasteiger partial charge in [-0.2, -0.15) is 0 Å². The van der Waals surface area contributed by atoms with Gasteiger partial charge in [0.25, 0.3) is 0 Å². The Morgan fingerprint density at radius 1 is 0.241 bits per heavy atom. The number of aromatic nitrogens is 3. The van der Waals surface area contributed by atoms with Crippen molar-refractivity contribution in [3.8, 4) is 28.2 Å². The summed E-state index contributed by atoms with van der Waals surface area (Å²) in [6, 6.07) is 72.7. The molecule has 0 unspecified atom stereocenters. The van der Waals surface area contributed by atoms with Gasteiger partial charge in [0.1, 0.15) is 11.2 Å². The lowest BCUT2D eigenvalue weighted by atomic mass is 10.0. The summed E-state index contributed by atoms with van der Waals surface area (Å²) in [5, 5.41) is 9.70. The third kappa shape index (κ3) is 4.40. The Bertz CT molecular complexity index is 3540. The van der Waals surface area contributed by atoms with E-state index in [9.17, 15) is 0 Å². The third-order valence-corrected chi connectivity index (χ3v) is 12.2. The lowest BCUT2D eigenvalue weighted by Gasteiger charge is -2.12. The molecular weight excluding hydrogens is 707 g/mol. The zero-order chi connectivity index (χ0) is 37.9. The number of hydrogen-bond donors (Lipinski definition) is 0. The number of para-hydroxylation sites is 5. The van der Waals surface area contributed by atoms with Crippen molar-refractivity contribution >= 4 is 87.4 Å². The molecule has 270 valence electrons. The summed E-state index contributed by atoms with van der Waals surface area (Å²) in [6.45, 7) is 0. The van der Waals surface area contributed by atoms with Crippen LogP contribution in [0.5, 0.6) is 0 Å². The van der Waals surface area contributed by atoms with Crippen molar-refractivity contribution in [2.75, 3.05) is 0 Å². The van der Waals surface area contributed by atoms with Gasteiger partial charge in [0.2, 0.25) is 0 Å². The Kier molecular flexibility index (Phi) is 6.41. The van der Waals surface area contributed by atoms with Crippen LogP contribution in [0.3, 0.4) is 0 Å². The summed E-state index contributed by atoms with van der Waals surface area (Å²) in [5.41, 5.74) is 14.6. The first-order valence-electron chi connectivity index (χ1n) is 19.8. The fourth-order valence-corrected chi connectivity index (χ4v) is 9.69. The lowest BCUT2D eigenvalue weighted by Crippen LogP contribution is -1.96. The molecular formula is C54H33N3O. The molecule has 58 heavy (non-hydrogen) atoms. The molecule has 0 bridgehead atoms. The molecule has 0 aliphatic heterocycles. The van der Waals surface area contributed by atoms with Crippen molar-refractivity contribution in [3.05, 3.63) is 200 Å². The predicted octanol–water partition coefficient (Wildman–Crippen LogP) is 14.5. The molecule has 0 amide bonds. The summed E-state index contributed by atoms with van der Waals surface area (Å²) < 4.78 is 13.5. The fourth-order valence-electron chi connectivity index (χ4n) is 9.69. The molecule has 0 aliphatic carbocycles. The molecule has 0 atom stereocenters. The summed E-state index contributed by atoms with van der Waals surface area (Å²) in [7, 11) is 0. The minimum atomic E-state index is 0.904. The summed E-state index contributed by atoms with van der Waals surface area (Å²) in [4.78, 5) is 0. The highest BCUT2D eigenvalue weighted by Crippen LogP contribution is 2.40. The zero-order valence-electron chi connectivity index (χ0n) is 31.3. The van der Waals surface area contributed by atoms with E-state index in [1.807, 2.05) is 12.1 Å². The number of fused-ring (bicyclic) bond motifs is 12. The van der Waals surface area contributed by atoms with Gasteiger partial charge in [-0.25, -0.2) is 0 Å². The smallest absolute Gasteiger partial charge is 0.135 e. The highest BCUT2D eigenvalue weighted by atomic mass is 16.3. The standard InChI is InChI=1S/C54H33N3O/c1-6-19-47-39(14-1)40-15-2-7-20-48(40)56(47)37-25-27-51-44(32-37)45-33-38(57-49-21-8-3-16-41(49)42-17-4-9-22-50(42)57)26-28-52(45)55(51)36-13-11-12-34(30-36)35-24-29-54-46(31-35)43-18-5-10-23-53(43)58-54/h1-33H. The topological polar surface area (TPSA) is 27.9 Å². The van der Waals surface area contributed by atoms with Gasteiger partial charge in [0.15, 0.2) is 0 Å². The van der Waals surface area contributed by atoms with E-state index in [2.05, 4.69) is 202 Å². The second-order valence-electron chi connectivity index (χ2n) is 15.3. The number of nitrogens with zero attached hydrogens (tertiary/aromatic N) is 3. The van der Waals surface area contributed by atoms with E-state index in [-0.39, 0.29) is 0 Å². The van der Waals surface area contributed by atoms with Crippen LogP contribution < -0.4 is 0 Å². The Balaban J connectivity index is 1.07. The first-order valence-corrected chi connectivity index (χ1v) is 19.8. The maximum Gasteiger partial charge on any atom is 0.135 e. The van der Waals surface area contributed by atoms with Crippen LogP contribution in [0.15, 0.2) is 205 Å². The monoisotopic (exact) mass is 739 g/mol. The second-order valence-corrected chi connectivity index (χ2v) is 15.3. The van der Waals surface area contributed by atoms with E-state index in [0.717, 1.165) is 61.2 Å². The molecule has 4 aromatic heterocycles. The number of benzene rings is 9. The van der Waals surface area contributed by atoms with Crippen LogP contribution in [0.25, 0.3) is 116 Å². The van der Waals surface area contributed by atoms with Gasteiger partial charge in [-0.3, -0.25) is 0 Å². The van der Waals surface area contributed by atoms with Crippen LogP contribution in [-0.4, -0.2) is 13.7 Å². The minimum Gasteiger partial charge on any atom is -0.456 e. The molecule has 0 spiro atoms. The number of hydrogen-bond acceptors (Lipinski definition) is 1. The first kappa shape index (κ1) is 31.4. The molecule has 0 fully saturated rings. The van der Waals surface area contributed by atoms with Gasteiger partial charge in [-0.15, -0.1) is 0 Å². The Hall–Kier alpha value is -7.82. The van der Waals surface area contributed by atoms with E-state index in [4.69, 9.17) is 4.42 Å². The van der Waals surface area contributed by atoms with E-state index >= 15 is 0 Å². The lowest BCUT2D eigenvalue weighted by molar-refractivity contribution is 0.669. The SMILES string of the molecule is c1cc(-c2ccc3oc4ccccc4c3c2)cc(-n2c3ccc(-n4c5ccccc5c5ccccc54)cc3c3cc(-n4c5ccccc5c5ccccc54)ccc32)c1. The second kappa shape index (κ2) is 11.8. The molecule has 4 heterocycles. The van der Waals surface area contributed by atoms with Crippen molar-refractivity contribution in [2.45, 2.75) is 0 Å². The molecule has 0 saturated heterocycles. The summed E-state index contributed by atoms with van der Waals surface area (Å²) in [6.07, 6.45) is 0. The van der Waals surface area contributed by atoms with E-state index in [1.165, 1.54) is 54.4 Å². The fraction of sp³-hybridized carbons (Fsp3) is 0. The van der Waals surface area contributed by atoms with E-state index in [0.29, 0.717) is 0 Å². The van der Waals surface area contributed by atoms with Gasteiger partial charge in [0, 0.05) is 60.2 Å². The van der Waals surface area contributed by atoms with E-state index < -0.39 is 0 Å². The molecule has 0 saturated carbocycles. The normalized spacial score (nSPS) is 12.1. The van der Waals surface area contributed by atoms with Gasteiger partial charge >= 0.3 is 0 Å². The molecule has 0 N–H and O–H groups in total. The van der Waals surface area contributed by atoms with Crippen LogP contribution in [0.1, 0.15) is 0 Å². The van der Waals surface area contributed by atoms with Crippen LogP contribution in [-0.2, 0) is 0 Å². The van der Waals surface area contributed by atoms with Crippen LogP contribution >= 0.6 is 0 Å². The van der Waals surface area contributed by atoms with Crippen molar-refractivity contribution in [1.82, 2.24) is 13.7 Å². The van der Waals surface area contributed by atoms with Gasteiger partial charge in [-0.05, 0) is 102 Å². The maximum atomic E-state index is 6.18. The number of rotatable bonds is 4. The number of furan rings is 1. The van der Waals surface area contributed by atoms with Crippen molar-refractivity contribution in [3.63, 3.8) is 0 Å². The predicted molar refractivity (Wildman–Crippen MR) is 242 cm³/mol. The van der Waals surface area contributed by atoms with Crippen molar-refractivity contribution in [1.29, 1.82) is 0 Å². The first-order chi connectivity index (χ1) is 28.8. The van der Waals surface area contributed by atoms with Crippen molar-refractivity contribution in [2.24, 2.45) is 0 Å². The van der Waals surface area contributed by atoms with Gasteiger partial charge < -0.3 is 18.1 Å². The highest BCUT2D eigenvalue weighted by Gasteiger charge is 2.19. The van der Waals surface area contributed by atoms with Crippen LogP contribution in [0.2, 0.25) is 0 Å². The quantitative estimate of drug-likeness (QED) is 0.177. The molecule has 9 aromatic carbocycles. The molecule has 0 aliphatic rings. The molecule has 0 radical (unpaired) electrons. The van der Waals surface area contributed by atoms with Crippen molar-refractivity contribution < 1.29 is 4.42 Å². The molecule has 13 rings (SSSR count). The highest BCUT2D eigenvalue weighted by molar-refractivity contribution is 6.14. The Morgan fingerprint density at radius 3 is 1.19 bits per heavy atom. The zero-order valence-corrected chi connectivity index (χ0v) is 31.3. The Labute approximate surface area is 332 Å². The largest absolute Gasteiger partial charge is 0.456 e. The third-order valence-electron chi connectivity index (χ3n) is 12.2. The summed E-state index contributed by atoms with van der Waals surface area (Å²) >= 11 is 0. The van der Waals surface area contributed by atoms with Gasteiger partial charge in [0.05, 0.1) is 33.1 Å². The average Bonchev–Trinajstić information content (AvgIpc) is 4.02. The molecule has 4 heteroatoms.